The Morgan fingerprint density at radius 3 is 2.45 bits per heavy atom. The summed E-state index contributed by atoms with van der Waals surface area (Å²) in [6.45, 7) is 5.47. The minimum atomic E-state index is 0.218. The second-order valence-electron chi connectivity index (χ2n) is 5.36. The second kappa shape index (κ2) is 7.19. The minimum absolute atomic E-state index is 0.218. The van der Waals surface area contributed by atoms with Crippen molar-refractivity contribution in [3.8, 4) is 11.5 Å². The van der Waals surface area contributed by atoms with E-state index in [9.17, 15) is 0 Å². The standard InChI is InChI=1S/C15H19ClN4O2/c16-13-3-1-12(2-4-13)15-17-14(18-22-15)11-20-7-5-19(6-8-20)9-10-21/h1-4,21H,5-11H2. The third-order valence-corrected chi connectivity index (χ3v) is 4.06. The Balaban J connectivity index is 1.57. The van der Waals surface area contributed by atoms with Gasteiger partial charge >= 0.3 is 0 Å². The highest BCUT2D eigenvalue weighted by Crippen LogP contribution is 2.20. The van der Waals surface area contributed by atoms with Gasteiger partial charge in [-0.2, -0.15) is 4.98 Å². The number of piperazine rings is 1. The van der Waals surface area contributed by atoms with Gasteiger partial charge in [-0.3, -0.25) is 9.80 Å². The summed E-state index contributed by atoms with van der Waals surface area (Å²) < 4.78 is 5.32. The van der Waals surface area contributed by atoms with Gasteiger partial charge in [0.05, 0.1) is 13.2 Å². The smallest absolute Gasteiger partial charge is 0.257 e. The van der Waals surface area contributed by atoms with Crippen molar-refractivity contribution in [3.05, 3.63) is 35.1 Å². The molecule has 0 aliphatic carbocycles. The Labute approximate surface area is 134 Å². The maximum atomic E-state index is 8.95. The molecule has 118 valence electrons. The maximum absolute atomic E-state index is 8.95. The van der Waals surface area contributed by atoms with Crippen LogP contribution in [0.25, 0.3) is 11.5 Å². The molecule has 0 unspecified atom stereocenters. The third-order valence-electron chi connectivity index (χ3n) is 3.81. The molecule has 0 bridgehead atoms. The molecule has 2 heterocycles. The van der Waals surface area contributed by atoms with Crippen LogP contribution in [0.15, 0.2) is 28.8 Å². The molecule has 7 heteroatoms. The number of rotatable bonds is 5. The zero-order chi connectivity index (χ0) is 15.4. The van der Waals surface area contributed by atoms with E-state index in [0.29, 0.717) is 23.3 Å². The average Bonchev–Trinajstić information content (AvgIpc) is 2.99. The summed E-state index contributed by atoms with van der Waals surface area (Å²) in [5.41, 5.74) is 0.871. The lowest BCUT2D eigenvalue weighted by Gasteiger charge is -2.33. The van der Waals surface area contributed by atoms with Gasteiger partial charge in [0.2, 0.25) is 0 Å². The van der Waals surface area contributed by atoms with Crippen LogP contribution in [0.2, 0.25) is 5.02 Å². The van der Waals surface area contributed by atoms with Crippen LogP contribution in [0, 0.1) is 0 Å². The van der Waals surface area contributed by atoms with Crippen LogP contribution in [0.3, 0.4) is 0 Å². The van der Waals surface area contributed by atoms with Crippen LogP contribution in [-0.2, 0) is 6.54 Å². The van der Waals surface area contributed by atoms with Crippen LogP contribution in [0.1, 0.15) is 5.82 Å². The van der Waals surface area contributed by atoms with Crippen LogP contribution in [-0.4, -0.2) is 64.4 Å². The van der Waals surface area contributed by atoms with E-state index in [1.54, 1.807) is 12.1 Å². The lowest BCUT2D eigenvalue weighted by molar-refractivity contribution is 0.106. The van der Waals surface area contributed by atoms with Gasteiger partial charge in [-0.1, -0.05) is 16.8 Å². The predicted octanol–water partition coefficient (Wildman–Crippen LogP) is 1.50. The van der Waals surface area contributed by atoms with Crippen molar-refractivity contribution < 1.29 is 9.63 Å². The van der Waals surface area contributed by atoms with Gasteiger partial charge in [-0.15, -0.1) is 0 Å². The fourth-order valence-electron chi connectivity index (χ4n) is 2.54. The highest BCUT2D eigenvalue weighted by atomic mass is 35.5. The molecular formula is C15H19ClN4O2. The number of aliphatic hydroxyl groups excluding tert-OH is 1. The third kappa shape index (κ3) is 3.84. The Bertz CT molecular complexity index is 594. The summed E-state index contributed by atoms with van der Waals surface area (Å²) in [7, 11) is 0. The molecule has 2 aromatic rings. The van der Waals surface area contributed by atoms with Crippen LogP contribution < -0.4 is 0 Å². The number of nitrogens with zero attached hydrogens (tertiary/aromatic N) is 4. The SMILES string of the molecule is OCCN1CCN(Cc2noc(-c3ccc(Cl)cc3)n2)CC1. The molecule has 0 amide bonds. The number of benzene rings is 1. The molecule has 22 heavy (non-hydrogen) atoms. The van der Waals surface area contributed by atoms with Crippen molar-refractivity contribution in [2.75, 3.05) is 39.3 Å². The molecule has 1 fully saturated rings. The molecular weight excluding hydrogens is 304 g/mol. The summed E-state index contributed by atoms with van der Waals surface area (Å²) >= 11 is 5.87. The number of halogens is 1. The lowest BCUT2D eigenvalue weighted by atomic mass is 10.2. The van der Waals surface area contributed by atoms with E-state index in [-0.39, 0.29) is 6.61 Å². The topological polar surface area (TPSA) is 65.6 Å². The number of aromatic nitrogens is 2. The quantitative estimate of drug-likeness (QED) is 0.900. The first-order chi connectivity index (χ1) is 10.7. The maximum Gasteiger partial charge on any atom is 0.257 e. The summed E-state index contributed by atoms with van der Waals surface area (Å²) in [4.78, 5) is 9.00. The van der Waals surface area contributed by atoms with E-state index in [1.807, 2.05) is 12.1 Å². The summed E-state index contributed by atoms with van der Waals surface area (Å²) in [5.74, 6) is 1.21. The first kappa shape index (κ1) is 15.4. The van der Waals surface area contributed by atoms with E-state index in [2.05, 4.69) is 19.9 Å². The van der Waals surface area contributed by atoms with Crippen molar-refractivity contribution >= 4 is 11.6 Å². The lowest BCUT2D eigenvalue weighted by Crippen LogP contribution is -2.46. The average molecular weight is 323 g/mol. The van der Waals surface area contributed by atoms with E-state index in [4.69, 9.17) is 21.2 Å². The van der Waals surface area contributed by atoms with E-state index >= 15 is 0 Å². The van der Waals surface area contributed by atoms with Gasteiger partial charge < -0.3 is 9.63 Å². The fraction of sp³-hybridized carbons (Fsp3) is 0.467. The Morgan fingerprint density at radius 2 is 1.77 bits per heavy atom. The highest BCUT2D eigenvalue weighted by molar-refractivity contribution is 6.30. The molecule has 0 radical (unpaired) electrons. The van der Waals surface area contributed by atoms with Gasteiger partial charge in [-0.25, -0.2) is 0 Å². The zero-order valence-electron chi connectivity index (χ0n) is 12.3. The Hall–Kier alpha value is -1.47. The molecule has 6 nitrogen and oxygen atoms in total. The van der Waals surface area contributed by atoms with Crippen molar-refractivity contribution in [1.82, 2.24) is 19.9 Å². The summed E-state index contributed by atoms with van der Waals surface area (Å²) in [6.07, 6.45) is 0. The minimum Gasteiger partial charge on any atom is -0.395 e. The molecule has 0 atom stereocenters. The first-order valence-corrected chi connectivity index (χ1v) is 7.76. The first-order valence-electron chi connectivity index (χ1n) is 7.39. The Kier molecular flexibility index (Phi) is 5.04. The van der Waals surface area contributed by atoms with Gasteiger partial charge in [0.1, 0.15) is 0 Å². The van der Waals surface area contributed by atoms with Crippen molar-refractivity contribution in [3.63, 3.8) is 0 Å². The summed E-state index contributed by atoms with van der Waals surface area (Å²) in [6, 6.07) is 7.35. The zero-order valence-corrected chi connectivity index (χ0v) is 13.0. The monoisotopic (exact) mass is 322 g/mol. The number of aliphatic hydroxyl groups is 1. The molecule has 1 aromatic heterocycles. The van der Waals surface area contributed by atoms with E-state index in [0.717, 1.165) is 38.3 Å². The molecule has 1 aromatic carbocycles. The second-order valence-corrected chi connectivity index (χ2v) is 5.80. The van der Waals surface area contributed by atoms with Gasteiger partial charge in [0.25, 0.3) is 5.89 Å². The largest absolute Gasteiger partial charge is 0.395 e. The predicted molar refractivity (Wildman–Crippen MR) is 83.5 cm³/mol. The Morgan fingerprint density at radius 1 is 1.09 bits per heavy atom. The molecule has 3 rings (SSSR count). The number of hydrogen-bond donors (Lipinski definition) is 1. The number of β-amino-alcohol motifs (C(OH)–C–C–N with tert-alkyl or cyclic N) is 1. The van der Waals surface area contributed by atoms with Gasteiger partial charge in [-0.05, 0) is 24.3 Å². The van der Waals surface area contributed by atoms with Crippen LogP contribution >= 0.6 is 11.6 Å². The molecule has 1 saturated heterocycles. The normalized spacial score (nSPS) is 17.0. The molecule has 1 N–H and O–H groups in total. The highest BCUT2D eigenvalue weighted by Gasteiger charge is 2.18. The van der Waals surface area contributed by atoms with Crippen molar-refractivity contribution in [2.24, 2.45) is 0 Å². The molecule has 0 saturated carbocycles. The van der Waals surface area contributed by atoms with E-state index in [1.165, 1.54) is 0 Å². The van der Waals surface area contributed by atoms with Crippen LogP contribution in [0.5, 0.6) is 0 Å². The fourth-order valence-corrected chi connectivity index (χ4v) is 2.67. The van der Waals surface area contributed by atoms with Gasteiger partial charge in [0.15, 0.2) is 5.82 Å². The summed E-state index contributed by atoms with van der Waals surface area (Å²) in [5, 5.41) is 13.7. The van der Waals surface area contributed by atoms with E-state index < -0.39 is 0 Å². The van der Waals surface area contributed by atoms with Crippen molar-refractivity contribution in [2.45, 2.75) is 6.54 Å². The van der Waals surface area contributed by atoms with Crippen molar-refractivity contribution in [1.29, 1.82) is 0 Å². The molecule has 0 spiro atoms. The molecule has 1 aliphatic rings. The number of hydrogen-bond acceptors (Lipinski definition) is 6. The molecule has 1 aliphatic heterocycles. The van der Waals surface area contributed by atoms with Gasteiger partial charge in [0, 0.05) is 43.3 Å². The van der Waals surface area contributed by atoms with Crippen LogP contribution in [0.4, 0.5) is 0 Å².